The number of aliphatic carboxylic acids is 1. The zero-order chi connectivity index (χ0) is 15.3. The second kappa shape index (κ2) is 6.50. The molecule has 0 atom stereocenters. The molecule has 0 fully saturated rings. The first-order chi connectivity index (χ1) is 9.35. The van der Waals surface area contributed by atoms with E-state index in [0.717, 1.165) is 5.56 Å². The van der Waals surface area contributed by atoms with Gasteiger partial charge in [0.15, 0.2) is 0 Å². The van der Waals surface area contributed by atoms with Crippen LogP contribution in [0.3, 0.4) is 0 Å². The van der Waals surface area contributed by atoms with E-state index < -0.39 is 11.4 Å². The summed E-state index contributed by atoms with van der Waals surface area (Å²) in [6.07, 6.45) is 1.04. The van der Waals surface area contributed by atoms with Crippen LogP contribution in [0.2, 0.25) is 0 Å². The molecule has 0 aliphatic heterocycles. The maximum atomic E-state index is 11.2. The highest BCUT2D eigenvalue weighted by molar-refractivity contribution is 5.73. The Morgan fingerprint density at radius 3 is 1.95 bits per heavy atom. The van der Waals surface area contributed by atoms with Gasteiger partial charge in [-0.1, -0.05) is 0 Å². The van der Waals surface area contributed by atoms with Crippen molar-refractivity contribution in [1.29, 1.82) is 0 Å². The number of benzene rings is 1. The van der Waals surface area contributed by atoms with Gasteiger partial charge >= 0.3 is 5.97 Å². The average Bonchev–Trinajstić information content (AvgIpc) is 2.43. The van der Waals surface area contributed by atoms with Gasteiger partial charge in [-0.05, 0) is 26.7 Å². The van der Waals surface area contributed by atoms with Crippen molar-refractivity contribution in [2.45, 2.75) is 26.7 Å². The molecule has 1 aromatic carbocycles. The van der Waals surface area contributed by atoms with Crippen molar-refractivity contribution in [3.63, 3.8) is 0 Å². The highest BCUT2D eigenvalue weighted by Gasteiger charge is 2.28. The molecule has 0 aromatic heterocycles. The summed E-state index contributed by atoms with van der Waals surface area (Å²) in [6.45, 7) is 3.41. The van der Waals surface area contributed by atoms with E-state index in [1.54, 1.807) is 47.3 Å². The van der Waals surface area contributed by atoms with Crippen molar-refractivity contribution >= 4 is 5.97 Å². The van der Waals surface area contributed by atoms with Gasteiger partial charge in [-0.3, -0.25) is 4.79 Å². The molecular formula is C15H22O5. The Morgan fingerprint density at radius 2 is 1.60 bits per heavy atom. The van der Waals surface area contributed by atoms with Crippen LogP contribution in [0.4, 0.5) is 0 Å². The molecule has 1 aromatic rings. The molecule has 5 heteroatoms. The first-order valence-corrected chi connectivity index (χ1v) is 6.38. The third kappa shape index (κ3) is 3.56. The highest BCUT2D eigenvalue weighted by Crippen LogP contribution is 2.36. The van der Waals surface area contributed by atoms with Crippen LogP contribution in [0.5, 0.6) is 17.2 Å². The Hall–Kier alpha value is -1.91. The highest BCUT2D eigenvalue weighted by atomic mass is 16.5. The van der Waals surface area contributed by atoms with Gasteiger partial charge in [0.1, 0.15) is 17.2 Å². The molecule has 0 radical (unpaired) electrons. The van der Waals surface area contributed by atoms with Crippen LogP contribution in [0, 0.1) is 5.41 Å². The van der Waals surface area contributed by atoms with Crippen LogP contribution in [-0.4, -0.2) is 32.4 Å². The maximum absolute atomic E-state index is 11.2. The standard InChI is InChI=1S/C15H22O5/c1-15(2,14(16)17)7-6-11-12(19-4)8-10(18-3)9-13(11)20-5/h8-9H,6-7H2,1-5H3,(H,16,17). The van der Waals surface area contributed by atoms with Crippen LogP contribution in [0.15, 0.2) is 12.1 Å². The number of ether oxygens (including phenoxy) is 3. The zero-order valence-corrected chi connectivity index (χ0v) is 12.6. The summed E-state index contributed by atoms with van der Waals surface area (Å²) in [7, 11) is 4.71. The van der Waals surface area contributed by atoms with Crippen molar-refractivity contribution < 1.29 is 24.1 Å². The van der Waals surface area contributed by atoms with Crippen molar-refractivity contribution in [3.8, 4) is 17.2 Å². The van der Waals surface area contributed by atoms with Gasteiger partial charge in [-0.15, -0.1) is 0 Å². The summed E-state index contributed by atoms with van der Waals surface area (Å²) in [4.78, 5) is 11.2. The molecule has 20 heavy (non-hydrogen) atoms. The lowest BCUT2D eigenvalue weighted by atomic mass is 9.86. The number of methoxy groups -OCH3 is 3. The molecule has 0 spiro atoms. The normalized spacial score (nSPS) is 11.1. The maximum Gasteiger partial charge on any atom is 0.309 e. The smallest absolute Gasteiger partial charge is 0.309 e. The molecule has 0 saturated heterocycles. The lowest BCUT2D eigenvalue weighted by Gasteiger charge is -2.21. The minimum Gasteiger partial charge on any atom is -0.496 e. The fraction of sp³-hybridized carbons (Fsp3) is 0.533. The van der Waals surface area contributed by atoms with Gasteiger partial charge in [0.05, 0.1) is 26.7 Å². The summed E-state index contributed by atoms with van der Waals surface area (Å²) in [5.41, 5.74) is 0.0563. The molecule has 0 amide bonds. The van der Waals surface area contributed by atoms with E-state index in [-0.39, 0.29) is 0 Å². The van der Waals surface area contributed by atoms with Crippen LogP contribution in [0.25, 0.3) is 0 Å². The van der Waals surface area contributed by atoms with E-state index in [1.807, 2.05) is 0 Å². The largest absolute Gasteiger partial charge is 0.496 e. The molecule has 112 valence electrons. The van der Waals surface area contributed by atoms with E-state index in [4.69, 9.17) is 14.2 Å². The van der Waals surface area contributed by atoms with Gasteiger partial charge < -0.3 is 19.3 Å². The first kappa shape index (κ1) is 16.1. The van der Waals surface area contributed by atoms with Crippen molar-refractivity contribution in [2.24, 2.45) is 5.41 Å². The molecule has 0 unspecified atom stereocenters. The predicted octanol–water partition coefficient (Wildman–Crippen LogP) is 2.76. The summed E-state index contributed by atoms with van der Waals surface area (Å²) in [5.74, 6) is 1.11. The number of carbonyl (C=O) groups is 1. The van der Waals surface area contributed by atoms with E-state index in [9.17, 15) is 9.90 Å². The number of hydrogen-bond acceptors (Lipinski definition) is 4. The van der Waals surface area contributed by atoms with Crippen molar-refractivity contribution in [2.75, 3.05) is 21.3 Å². The van der Waals surface area contributed by atoms with Crippen LogP contribution >= 0.6 is 0 Å². The van der Waals surface area contributed by atoms with Crippen molar-refractivity contribution in [3.05, 3.63) is 17.7 Å². The minimum atomic E-state index is -0.816. The first-order valence-electron chi connectivity index (χ1n) is 6.38. The quantitative estimate of drug-likeness (QED) is 0.833. The number of carboxylic acid groups (broad SMARTS) is 1. The minimum absolute atomic E-state index is 0.487. The summed E-state index contributed by atoms with van der Waals surface area (Å²) in [6, 6.07) is 3.54. The lowest BCUT2D eigenvalue weighted by Crippen LogP contribution is -2.24. The molecule has 1 N–H and O–H groups in total. The van der Waals surface area contributed by atoms with Crippen LogP contribution in [-0.2, 0) is 11.2 Å². The van der Waals surface area contributed by atoms with Crippen molar-refractivity contribution in [1.82, 2.24) is 0 Å². The SMILES string of the molecule is COc1cc(OC)c(CCC(C)(C)C(=O)O)c(OC)c1. The Bertz CT molecular complexity index is 454. The fourth-order valence-corrected chi connectivity index (χ4v) is 1.87. The second-order valence-corrected chi connectivity index (χ2v) is 5.20. The van der Waals surface area contributed by atoms with Gasteiger partial charge in [0.25, 0.3) is 0 Å². The van der Waals surface area contributed by atoms with Gasteiger partial charge in [0.2, 0.25) is 0 Å². The zero-order valence-electron chi connectivity index (χ0n) is 12.6. The summed E-state index contributed by atoms with van der Waals surface area (Å²) in [5, 5.41) is 9.17. The molecule has 0 heterocycles. The Morgan fingerprint density at radius 1 is 1.10 bits per heavy atom. The topological polar surface area (TPSA) is 65.0 Å². The van der Waals surface area contributed by atoms with Gasteiger partial charge in [0, 0.05) is 17.7 Å². The molecule has 0 saturated carbocycles. The number of carboxylic acids is 1. The van der Waals surface area contributed by atoms with Gasteiger partial charge in [-0.2, -0.15) is 0 Å². The third-order valence-corrected chi connectivity index (χ3v) is 3.40. The van der Waals surface area contributed by atoms with Gasteiger partial charge in [-0.25, -0.2) is 0 Å². The molecule has 0 aliphatic rings. The molecule has 0 aliphatic carbocycles. The van der Waals surface area contributed by atoms with Crippen LogP contribution < -0.4 is 14.2 Å². The molecular weight excluding hydrogens is 260 g/mol. The van der Waals surface area contributed by atoms with E-state index >= 15 is 0 Å². The summed E-state index contributed by atoms with van der Waals surface area (Å²) < 4.78 is 15.9. The Labute approximate surface area is 119 Å². The fourth-order valence-electron chi connectivity index (χ4n) is 1.87. The Balaban J connectivity index is 3.07. The van der Waals surface area contributed by atoms with E-state index in [1.165, 1.54) is 0 Å². The Kier molecular flexibility index (Phi) is 5.25. The second-order valence-electron chi connectivity index (χ2n) is 5.20. The summed E-state index contributed by atoms with van der Waals surface area (Å²) >= 11 is 0. The third-order valence-electron chi connectivity index (χ3n) is 3.40. The van der Waals surface area contributed by atoms with E-state index in [2.05, 4.69) is 0 Å². The number of hydrogen-bond donors (Lipinski definition) is 1. The lowest BCUT2D eigenvalue weighted by molar-refractivity contribution is -0.147. The molecule has 0 bridgehead atoms. The molecule has 1 rings (SSSR count). The van der Waals surface area contributed by atoms with Crippen LogP contribution in [0.1, 0.15) is 25.8 Å². The van der Waals surface area contributed by atoms with E-state index in [0.29, 0.717) is 30.1 Å². The predicted molar refractivity (Wildman–Crippen MR) is 75.8 cm³/mol. The monoisotopic (exact) mass is 282 g/mol. The number of rotatable bonds is 7. The average molecular weight is 282 g/mol. The molecule has 5 nitrogen and oxygen atoms in total.